The molecule has 0 unspecified atom stereocenters. The molecule has 2 N–H and O–H groups in total. The Kier molecular flexibility index (Phi) is 6.21. The van der Waals surface area contributed by atoms with Crippen molar-refractivity contribution in [3.05, 3.63) is 35.9 Å². The number of nitrogens with one attached hydrogen (secondary N) is 2. The van der Waals surface area contributed by atoms with Gasteiger partial charge in [0, 0.05) is 6.54 Å². The Labute approximate surface area is 152 Å². The minimum atomic E-state index is -0.571. The maximum Gasteiger partial charge on any atom is 0.413 e. The second kappa shape index (κ2) is 8.37. The normalized spacial score (nSPS) is 10.8. The quantitative estimate of drug-likeness (QED) is 0.814. The summed E-state index contributed by atoms with van der Waals surface area (Å²) >= 11 is 0. The number of carbonyl (C=O) groups excluding carboxylic acids is 1. The fourth-order valence-electron chi connectivity index (χ4n) is 2.08. The van der Waals surface area contributed by atoms with E-state index in [1.165, 1.54) is 0 Å². The fraction of sp³-hybridized carbons (Fsp3) is 0.389. The van der Waals surface area contributed by atoms with Crippen LogP contribution >= 0.6 is 0 Å². The summed E-state index contributed by atoms with van der Waals surface area (Å²) in [5.41, 5.74) is 0.429. The Morgan fingerprint density at radius 1 is 1.00 bits per heavy atom. The minimum absolute atomic E-state index is 0.316. The third-order valence-electron chi connectivity index (χ3n) is 3.22. The summed E-state index contributed by atoms with van der Waals surface area (Å²) in [7, 11) is 3.19. The molecule has 1 heterocycles. The van der Waals surface area contributed by atoms with Crippen LogP contribution in [0.3, 0.4) is 0 Å². The van der Waals surface area contributed by atoms with Gasteiger partial charge >= 0.3 is 6.09 Å². The van der Waals surface area contributed by atoms with Gasteiger partial charge in [0.05, 0.1) is 14.2 Å². The van der Waals surface area contributed by atoms with E-state index in [1.807, 2.05) is 18.2 Å². The lowest BCUT2D eigenvalue weighted by atomic mass is 10.2. The van der Waals surface area contributed by atoms with Crippen molar-refractivity contribution >= 4 is 17.7 Å². The summed E-state index contributed by atoms with van der Waals surface area (Å²) in [4.78, 5) is 11.7. The van der Waals surface area contributed by atoms with Crippen molar-refractivity contribution in [2.75, 3.05) is 24.9 Å². The van der Waals surface area contributed by atoms with Crippen molar-refractivity contribution in [2.45, 2.75) is 32.9 Å². The molecule has 0 radical (unpaired) electrons. The summed E-state index contributed by atoms with van der Waals surface area (Å²) in [6.45, 7) is 5.91. The molecule has 26 heavy (non-hydrogen) atoms. The number of rotatable bonds is 6. The van der Waals surface area contributed by atoms with Crippen molar-refractivity contribution in [1.82, 2.24) is 10.2 Å². The first-order valence-corrected chi connectivity index (χ1v) is 8.09. The van der Waals surface area contributed by atoms with Gasteiger partial charge in [-0.05, 0) is 50.6 Å². The molecule has 0 aliphatic carbocycles. The monoisotopic (exact) mass is 360 g/mol. The molecule has 0 saturated heterocycles. The summed E-state index contributed by atoms with van der Waals surface area (Å²) in [5, 5.41) is 13.7. The molecule has 1 aromatic carbocycles. The van der Waals surface area contributed by atoms with E-state index in [1.54, 1.807) is 47.1 Å². The first-order chi connectivity index (χ1) is 12.3. The van der Waals surface area contributed by atoms with Crippen LogP contribution in [0.1, 0.15) is 26.3 Å². The summed E-state index contributed by atoms with van der Waals surface area (Å²) < 4.78 is 15.7. The molecule has 140 valence electrons. The zero-order valence-corrected chi connectivity index (χ0v) is 15.6. The van der Waals surface area contributed by atoms with Crippen LogP contribution in [-0.4, -0.2) is 36.1 Å². The van der Waals surface area contributed by atoms with Gasteiger partial charge in [0.15, 0.2) is 17.3 Å². The molecule has 0 aliphatic rings. The van der Waals surface area contributed by atoms with E-state index in [0.29, 0.717) is 29.7 Å². The molecule has 1 aromatic heterocycles. The average molecular weight is 360 g/mol. The zero-order chi connectivity index (χ0) is 19.2. The van der Waals surface area contributed by atoms with Crippen molar-refractivity contribution in [2.24, 2.45) is 0 Å². The molecule has 8 nitrogen and oxygen atoms in total. The molecular weight excluding hydrogens is 336 g/mol. The van der Waals surface area contributed by atoms with Crippen LogP contribution in [0.5, 0.6) is 11.5 Å². The lowest BCUT2D eigenvalue weighted by Crippen LogP contribution is -2.27. The standard InChI is InChI=1S/C18H24N4O4/c1-18(2,3)26-17(23)20-16-9-8-15(21-22-16)19-11-12-6-7-13(24-4)14(10-12)25-5/h6-10H,11H2,1-5H3,(H,19,21)(H,20,22,23). The highest BCUT2D eigenvalue weighted by Gasteiger charge is 2.16. The molecule has 0 spiro atoms. The van der Waals surface area contributed by atoms with E-state index in [4.69, 9.17) is 14.2 Å². The third-order valence-corrected chi connectivity index (χ3v) is 3.22. The number of nitrogens with zero attached hydrogens (tertiary/aromatic N) is 2. The number of hydrogen-bond acceptors (Lipinski definition) is 7. The van der Waals surface area contributed by atoms with Gasteiger partial charge in [-0.1, -0.05) is 6.07 Å². The fourth-order valence-corrected chi connectivity index (χ4v) is 2.08. The van der Waals surface area contributed by atoms with Crippen molar-refractivity contribution in [3.63, 3.8) is 0 Å². The Morgan fingerprint density at radius 3 is 2.23 bits per heavy atom. The van der Waals surface area contributed by atoms with Gasteiger partial charge in [-0.25, -0.2) is 4.79 Å². The van der Waals surface area contributed by atoms with Crippen molar-refractivity contribution in [3.8, 4) is 11.5 Å². The predicted octanol–water partition coefficient (Wildman–Crippen LogP) is 3.45. The molecule has 8 heteroatoms. The topological polar surface area (TPSA) is 94.6 Å². The van der Waals surface area contributed by atoms with E-state index >= 15 is 0 Å². The molecule has 1 amide bonds. The summed E-state index contributed by atoms with van der Waals surface area (Å²) in [5.74, 6) is 2.23. The zero-order valence-electron chi connectivity index (χ0n) is 15.6. The van der Waals surface area contributed by atoms with Gasteiger partial charge in [0.2, 0.25) is 0 Å². The predicted molar refractivity (Wildman–Crippen MR) is 98.8 cm³/mol. The smallest absolute Gasteiger partial charge is 0.413 e. The SMILES string of the molecule is COc1ccc(CNc2ccc(NC(=O)OC(C)(C)C)nn2)cc1OC. The van der Waals surface area contributed by atoms with Crippen LogP contribution in [0.25, 0.3) is 0 Å². The third kappa shape index (κ3) is 5.80. The number of amides is 1. The van der Waals surface area contributed by atoms with Gasteiger partial charge in [0.25, 0.3) is 0 Å². The van der Waals surface area contributed by atoms with Crippen molar-refractivity contribution in [1.29, 1.82) is 0 Å². The maximum atomic E-state index is 11.7. The highest BCUT2D eigenvalue weighted by molar-refractivity contribution is 5.83. The molecule has 0 atom stereocenters. The molecule has 0 aliphatic heterocycles. The van der Waals surface area contributed by atoms with Gasteiger partial charge < -0.3 is 19.5 Å². The average Bonchev–Trinajstić information content (AvgIpc) is 2.59. The Balaban J connectivity index is 1.92. The number of benzene rings is 1. The molecule has 0 bridgehead atoms. The van der Waals surface area contributed by atoms with E-state index in [0.717, 1.165) is 5.56 Å². The molecular formula is C18H24N4O4. The maximum absolute atomic E-state index is 11.7. The van der Waals surface area contributed by atoms with E-state index in [9.17, 15) is 4.79 Å². The number of aromatic nitrogens is 2. The van der Waals surface area contributed by atoms with Crippen LogP contribution in [0.15, 0.2) is 30.3 Å². The first-order valence-electron chi connectivity index (χ1n) is 8.09. The van der Waals surface area contributed by atoms with Crippen LogP contribution < -0.4 is 20.1 Å². The largest absolute Gasteiger partial charge is 0.493 e. The molecule has 0 saturated carbocycles. The van der Waals surface area contributed by atoms with Crippen LogP contribution in [0.4, 0.5) is 16.4 Å². The number of ether oxygens (including phenoxy) is 3. The van der Waals surface area contributed by atoms with Crippen LogP contribution in [-0.2, 0) is 11.3 Å². The molecule has 0 fully saturated rings. The van der Waals surface area contributed by atoms with Gasteiger partial charge in [0.1, 0.15) is 11.4 Å². The number of methoxy groups -OCH3 is 2. The summed E-state index contributed by atoms with van der Waals surface area (Å²) in [6.07, 6.45) is -0.571. The van der Waals surface area contributed by atoms with Gasteiger partial charge in [-0.15, -0.1) is 10.2 Å². The van der Waals surface area contributed by atoms with Crippen LogP contribution in [0, 0.1) is 0 Å². The lowest BCUT2D eigenvalue weighted by molar-refractivity contribution is 0.0635. The van der Waals surface area contributed by atoms with Crippen molar-refractivity contribution < 1.29 is 19.0 Å². The van der Waals surface area contributed by atoms with Crippen LogP contribution in [0.2, 0.25) is 0 Å². The Morgan fingerprint density at radius 2 is 1.65 bits per heavy atom. The second-order valence-electron chi connectivity index (χ2n) is 6.47. The number of carbonyl (C=O) groups is 1. The Hall–Kier alpha value is -3.03. The molecule has 2 aromatic rings. The summed E-state index contributed by atoms with van der Waals surface area (Å²) in [6, 6.07) is 9.03. The number of anilines is 2. The van der Waals surface area contributed by atoms with Gasteiger partial charge in [-0.2, -0.15) is 0 Å². The van der Waals surface area contributed by atoms with E-state index in [2.05, 4.69) is 20.8 Å². The number of hydrogen-bond donors (Lipinski definition) is 2. The highest BCUT2D eigenvalue weighted by Crippen LogP contribution is 2.27. The molecule has 2 rings (SSSR count). The second-order valence-corrected chi connectivity index (χ2v) is 6.47. The van der Waals surface area contributed by atoms with Gasteiger partial charge in [-0.3, -0.25) is 5.32 Å². The Bertz CT molecular complexity index is 742. The van der Waals surface area contributed by atoms with E-state index < -0.39 is 11.7 Å². The van der Waals surface area contributed by atoms with E-state index in [-0.39, 0.29) is 0 Å². The first kappa shape index (κ1) is 19.3. The highest BCUT2D eigenvalue weighted by atomic mass is 16.6. The lowest BCUT2D eigenvalue weighted by Gasteiger charge is -2.19. The minimum Gasteiger partial charge on any atom is -0.493 e.